The lowest BCUT2D eigenvalue weighted by Gasteiger charge is -2.20. The van der Waals surface area contributed by atoms with Gasteiger partial charge in [-0.25, -0.2) is 4.39 Å². The minimum Gasteiger partial charge on any atom is -0.327 e. The Morgan fingerprint density at radius 3 is 2.93 bits per heavy atom. The summed E-state index contributed by atoms with van der Waals surface area (Å²) in [6, 6.07) is 3.72. The largest absolute Gasteiger partial charge is 0.327 e. The van der Waals surface area contributed by atoms with E-state index in [2.05, 4.69) is 9.98 Å². The molecule has 0 saturated heterocycles. The summed E-state index contributed by atoms with van der Waals surface area (Å²) in [5.41, 5.74) is 5.48. The average Bonchev–Trinajstić information content (AvgIpc) is 2.31. The molecule has 0 bridgehead atoms. The third-order valence-electron chi connectivity index (χ3n) is 2.37. The Balaban J connectivity index is 2.20. The summed E-state index contributed by atoms with van der Waals surface area (Å²) in [5, 5.41) is 0. The van der Waals surface area contributed by atoms with Crippen molar-refractivity contribution in [1.82, 2.24) is 4.98 Å². The predicted molar refractivity (Wildman–Crippen MR) is 58.2 cm³/mol. The van der Waals surface area contributed by atoms with Crippen LogP contribution in [0.4, 0.5) is 4.39 Å². The lowest BCUT2D eigenvalue weighted by Crippen LogP contribution is -2.35. The molecular weight excluding hydrogens is 193 g/mol. The van der Waals surface area contributed by atoms with Crippen LogP contribution >= 0.6 is 0 Å². The minimum absolute atomic E-state index is 0.0344. The Morgan fingerprint density at radius 2 is 2.40 bits per heavy atom. The summed E-state index contributed by atoms with van der Waals surface area (Å²) in [6.45, 7) is -0.0344. The number of allylic oxidation sites excluding steroid dienone is 1. The second kappa shape index (κ2) is 3.90. The number of halogens is 1. The first-order valence-electron chi connectivity index (χ1n) is 4.78. The average molecular weight is 205 g/mol. The van der Waals surface area contributed by atoms with Crippen LogP contribution in [-0.2, 0) is 0 Å². The normalized spacial score (nSPS) is 25.1. The molecule has 15 heavy (non-hydrogen) atoms. The van der Waals surface area contributed by atoms with E-state index in [1.54, 1.807) is 18.5 Å². The molecular formula is C11H12FN3. The summed E-state index contributed by atoms with van der Waals surface area (Å²) in [6.07, 6.45) is 6.71. The van der Waals surface area contributed by atoms with E-state index in [0.717, 1.165) is 11.3 Å². The molecule has 0 spiro atoms. The van der Waals surface area contributed by atoms with Gasteiger partial charge < -0.3 is 5.73 Å². The molecule has 2 N–H and O–H groups in total. The van der Waals surface area contributed by atoms with Gasteiger partial charge in [-0.2, -0.15) is 0 Å². The summed E-state index contributed by atoms with van der Waals surface area (Å²) >= 11 is 0. The van der Waals surface area contributed by atoms with E-state index in [1.807, 2.05) is 12.1 Å². The van der Waals surface area contributed by atoms with Crippen LogP contribution in [0.5, 0.6) is 0 Å². The molecule has 1 atom stereocenters. The van der Waals surface area contributed by atoms with Crippen molar-refractivity contribution >= 4 is 11.9 Å². The van der Waals surface area contributed by atoms with Crippen LogP contribution < -0.4 is 5.73 Å². The first-order chi connectivity index (χ1) is 7.23. The van der Waals surface area contributed by atoms with Gasteiger partial charge in [-0.05, 0) is 12.1 Å². The van der Waals surface area contributed by atoms with Gasteiger partial charge in [0.2, 0.25) is 0 Å². The van der Waals surface area contributed by atoms with Gasteiger partial charge in [0.05, 0.1) is 5.70 Å². The van der Waals surface area contributed by atoms with Crippen LogP contribution in [0.1, 0.15) is 12.0 Å². The van der Waals surface area contributed by atoms with E-state index in [-0.39, 0.29) is 13.0 Å². The quantitative estimate of drug-likeness (QED) is 0.796. The van der Waals surface area contributed by atoms with Gasteiger partial charge in [-0.15, -0.1) is 0 Å². The first-order valence-corrected chi connectivity index (χ1v) is 4.78. The van der Waals surface area contributed by atoms with Crippen LogP contribution in [0.25, 0.3) is 5.70 Å². The van der Waals surface area contributed by atoms with Crippen molar-refractivity contribution in [3.63, 3.8) is 0 Å². The summed E-state index contributed by atoms with van der Waals surface area (Å²) in [7, 11) is 0. The Kier molecular flexibility index (Phi) is 2.60. The van der Waals surface area contributed by atoms with Crippen LogP contribution in [0, 0.1) is 0 Å². The fourth-order valence-electron chi connectivity index (χ4n) is 1.40. The molecule has 0 amide bonds. The van der Waals surface area contributed by atoms with Gasteiger partial charge in [0.1, 0.15) is 0 Å². The fourth-order valence-corrected chi connectivity index (χ4v) is 1.40. The molecule has 1 aliphatic rings. The van der Waals surface area contributed by atoms with E-state index >= 15 is 0 Å². The zero-order valence-electron chi connectivity index (χ0n) is 8.23. The molecule has 78 valence electrons. The van der Waals surface area contributed by atoms with Gasteiger partial charge in [0.15, 0.2) is 5.67 Å². The third-order valence-corrected chi connectivity index (χ3v) is 2.37. The highest BCUT2D eigenvalue weighted by molar-refractivity contribution is 5.81. The van der Waals surface area contributed by atoms with E-state index in [0.29, 0.717) is 0 Å². The highest BCUT2D eigenvalue weighted by Crippen LogP contribution is 2.25. The Bertz CT molecular complexity index is 400. The molecule has 3 nitrogen and oxygen atoms in total. The number of alkyl halides is 1. The monoisotopic (exact) mass is 205 g/mol. The van der Waals surface area contributed by atoms with Crippen molar-refractivity contribution in [3.8, 4) is 0 Å². The molecule has 2 heterocycles. The van der Waals surface area contributed by atoms with Gasteiger partial charge in [0.25, 0.3) is 0 Å². The van der Waals surface area contributed by atoms with Crippen LogP contribution in [-0.4, -0.2) is 23.4 Å². The molecule has 4 heteroatoms. The third kappa shape index (κ3) is 2.10. The lowest BCUT2D eigenvalue weighted by molar-refractivity contribution is 0.274. The smallest absolute Gasteiger partial charge is 0.161 e. The number of rotatable bonds is 2. The highest BCUT2D eigenvalue weighted by Gasteiger charge is 2.27. The van der Waals surface area contributed by atoms with E-state index < -0.39 is 5.67 Å². The molecule has 2 rings (SSSR count). The molecule has 1 aromatic heterocycles. The number of pyridine rings is 1. The maximum atomic E-state index is 13.7. The van der Waals surface area contributed by atoms with Crippen LogP contribution in [0.3, 0.4) is 0 Å². The number of nitrogens with zero attached hydrogens (tertiary/aromatic N) is 2. The summed E-state index contributed by atoms with van der Waals surface area (Å²) in [5.74, 6) is 0. The van der Waals surface area contributed by atoms with Crippen molar-refractivity contribution < 1.29 is 4.39 Å². The molecule has 1 aromatic rings. The predicted octanol–water partition coefficient (Wildman–Crippen LogP) is 1.56. The summed E-state index contributed by atoms with van der Waals surface area (Å²) in [4.78, 5) is 8.05. The lowest BCUT2D eigenvalue weighted by atomic mass is 9.99. The number of aliphatic imine (C=N–C) groups is 1. The van der Waals surface area contributed by atoms with Crippen LogP contribution in [0.15, 0.2) is 35.6 Å². The number of nitrogens with two attached hydrogens (primary N) is 1. The first kappa shape index (κ1) is 9.98. The van der Waals surface area contributed by atoms with E-state index in [9.17, 15) is 4.39 Å². The number of hydrogen-bond acceptors (Lipinski definition) is 3. The van der Waals surface area contributed by atoms with Gasteiger partial charge >= 0.3 is 0 Å². The van der Waals surface area contributed by atoms with Gasteiger partial charge in [-0.1, -0.05) is 6.08 Å². The Labute approximate surface area is 87.5 Å². The maximum Gasteiger partial charge on any atom is 0.161 e. The number of hydrogen-bond donors (Lipinski definition) is 1. The zero-order chi connectivity index (χ0) is 10.7. The van der Waals surface area contributed by atoms with Crippen molar-refractivity contribution in [2.75, 3.05) is 6.54 Å². The SMILES string of the molecule is NCC1(F)C=NC(c2cccnc2)=CC1. The molecule has 0 aliphatic carbocycles. The van der Waals surface area contributed by atoms with Crippen molar-refractivity contribution in [3.05, 3.63) is 36.2 Å². The highest BCUT2D eigenvalue weighted by atomic mass is 19.1. The standard InChI is InChI=1S/C11H12FN3/c12-11(7-13)4-3-10(15-8-11)9-2-1-5-14-6-9/h1-3,5-6,8H,4,7,13H2. The van der Waals surface area contributed by atoms with Gasteiger partial charge in [0, 0.05) is 37.1 Å². The Morgan fingerprint density at radius 1 is 1.53 bits per heavy atom. The molecule has 1 unspecified atom stereocenters. The zero-order valence-corrected chi connectivity index (χ0v) is 8.23. The van der Waals surface area contributed by atoms with Crippen LogP contribution in [0.2, 0.25) is 0 Å². The van der Waals surface area contributed by atoms with Crippen molar-refractivity contribution in [2.24, 2.45) is 10.7 Å². The maximum absolute atomic E-state index is 13.7. The van der Waals surface area contributed by atoms with Crippen molar-refractivity contribution in [1.29, 1.82) is 0 Å². The molecule has 0 aromatic carbocycles. The molecule has 1 aliphatic heterocycles. The van der Waals surface area contributed by atoms with Gasteiger partial charge in [-0.3, -0.25) is 9.98 Å². The second-order valence-corrected chi connectivity index (χ2v) is 3.53. The Hall–Kier alpha value is -1.55. The fraction of sp³-hybridized carbons (Fsp3) is 0.273. The minimum atomic E-state index is -1.48. The second-order valence-electron chi connectivity index (χ2n) is 3.53. The van der Waals surface area contributed by atoms with Crippen molar-refractivity contribution in [2.45, 2.75) is 12.1 Å². The molecule has 0 saturated carbocycles. The topological polar surface area (TPSA) is 51.3 Å². The molecule has 0 fully saturated rings. The molecule has 0 radical (unpaired) electrons. The van der Waals surface area contributed by atoms with E-state index in [4.69, 9.17) is 5.73 Å². The number of aromatic nitrogens is 1. The van der Waals surface area contributed by atoms with E-state index in [1.165, 1.54) is 6.21 Å². The summed E-state index contributed by atoms with van der Waals surface area (Å²) < 4.78 is 13.7.